The smallest absolute Gasteiger partial charge is 0.164 e. The quantitative estimate of drug-likeness (QED) is 0.178. The predicted octanol–water partition coefficient (Wildman–Crippen LogP) is 12.5. The zero-order valence-electron chi connectivity index (χ0n) is 27.3. The lowest BCUT2D eigenvalue weighted by Gasteiger charge is -2.14. The molecule has 236 valence electrons. The van der Waals surface area contributed by atoms with E-state index in [1.807, 2.05) is 60.7 Å². The van der Waals surface area contributed by atoms with Crippen molar-refractivity contribution in [3.8, 4) is 45.3 Å². The fourth-order valence-corrected chi connectivity index (χ4v) is 8.01. The van der Waals surface area contributed by atoms with E-state index in [-0.39, 0.29) is 0 Å². The summed E-state index contributed by atoms with van der Waals surface area (Å²) >= 11 is 0. The molecule has 0 atom stereocenters. The molecule has 0 aliphatic carbocycles. The Morgan fingerprint density at radius 1 is 0.314 bits per heavy atom. The van der Waals surface area contributed by atoms with Crippen molar-refractivity contribution < 1.29 is 4.42 Å². The standard InChI is InChI=1S/C47H27N3O/c1-3-13-29(14-4-1)45-48-46(30-15-5-2-6-16-30)50-47(49-45)38-27-24-34(32-18-9-10-19-33(32)38)37-26-25-36-35-23-22-28-12-7-8-17-31(28)41(35)39-20-11-21-40-42(39)43(36)44(37)51-40/h1-27H. The summed E-state index contributed by atoms with van der Waals surface area (Å²) in [6.45, 7) is 0. The molecule has 11 aromatic rings. The summed E-state index contributed by atoms with van der Waals surface area (Å²) < 4.78 is 6.84. The number of fused-ring (bicyclic) bond motifs is 6. The van der Waals surface area contributed by atoms with Crippen LogP contribution in [0, 0.1) is 0 Å². The number of hydrogen-bond donors (Lipinski definition) is 0. The van der Waals surface area contributed by atoms with Crippen molar-refractivity contribution in [2.45, 2.75) is 0 Å². The van der Waals surface area contributed by atoms with Gasteiger partial charge in [0.25, 0.3) is 0 Å². The van der Waals surface area contributed by atoms with E-state index in [1.54, 1.807) is 0 Å². The van der Waals surface area contributed by atoms with Crippen LogP contribution in [0.3, 0.4) is 0 Å². The summed E-state index contributed by atoms with van der Waals surface area (Å²) in [5.41, 5.74) is 6.82. The lowest BCUT2D eigenvalue weighted by Crippen LogP contribution is -2.00. The van der Waals surface area contributed by atoms with Crippen LogP contribution in [0.1, 0.15) is 0 Å². The molecule has 11 rings (SSSR count). The summed E-state index contributed by atoms with van der Waals surface area (Å²) in [4.78, 5) is 15.0. The number of hydrogen-bond acceptors (Lipinski definition) is 4. The lowest BCUT2D eigenvalue weighted by molar-refractivity contribution is 0.670. The van der Waals surface area contributed by atoms with E-state index in [1.165, 1.54) is 43.1 Å². The molecule has 0 radical (unpaired) electrons. The van der Waals surface area contributed by atoms with Crippen molar-refractivity contribution in [3.05, 3.63) is 164 Å². The highest BCUT2D eigenvalue weighted by molar-refractivity contribution is 6.38. The predicted molar refractivity (Wildman–Crippen MR) is 210 cm³/mol. The first-order chi connectivity index (χ1) is 25.3. The Balaban J connectivity index is 1.16. The Morgan fingerprint density at radius 3 is 1.61 bits per heavy atom. The van der Waals surface area contributed by atoms with Crippen LogP contribution in [-0.4, -0.2) is 15.0 Å². The summed E-state index contributed by atoms with van der Waals surface area (Å²) in [7, 11) is 0. The normalized spacial score (nSPS) is 11.9. The van der Waals surface area contributed by atoms with Crippen LogP contribution < -0.4 is 0 Å². The Hall–Kier alpha value is -6.91. The van der Waals surface area contributed by atoms with Gasteiger partial charge < -0.3 is 4.42 Å². The maximum Gasteiger partial charge on any atom is 0.164 e. The minimum atomic E-state index is 0.637. The molecular formula is C47H27N3O. The van der Waals surface area contributed by atoms with Gasteiger partial charge in [-0.05, 0) is 66.9 Å². The van der Waals surface area contributed by atoms with Gasteiger partial charge in [-0.3, -0.25) is 0 Å². The molecule has 51 heavy (non-hydrogen) atoms. The lowest BCUT2D eigenvalue weighted by atomic mass is 9.88. The topological polar surface area (TPSA) is 51.8 Å². The molecule has 0 unspecified atom stereocenters. The van der Waals surface area contributed by atoms with Crippen LogP contribution in [0.4, 0.5) is 0 Å². The second-order valence-electron chi connectivity index (χ2n) is 13.1. The molecule has 0 aliphatic rings. The Morgan fingerprint density at radius 2 is 0.863 bits per heavy atom. The average Bonchev–Trinajstić information content (AvgIpc) is 3.61. The Bertz CT molecular complexity index is 3070. The number of furan rings is 1. The van der Waals surface area contributed by atoms with Gasteiger partial charge in [-0.1, -0.05) is 146 Å². The maximum atomic E-state index is 6.84. The third-order valence-corrected chi connectivity index (χ3v) is 10.3. The number of nitrogens with zero attached hydrogens (tertiary/aromatic N) is 3. The second kappa shape index (κ2) is 10.8. The molecule has 0 N–H and O–H groups in total. The molecule has 9 aromatic carbocycles. The molecule has 0 saturated heterocycles. The molecule has 0 spiro atoms. The highest BCUT2D eigenvalue weighted by Crippen LogP contribution is 2.48. The van der Waals surface area contributed by atoms with E-state index < -0.39 is 0 Å². The van der Waals surface area contributed by atoms with Crippen LogP contribution in [0.2, 0.25) is 0 Å². The van der Waals surface area contributed by atoms with Crippen molar-refractivity contribution in [3.63, 3.8) is 0 Å². The van der Waals surface area contributed by atoms with Crippen molar-refractivity contribution in [2.24, 2.45) is 0 Å². The van der Waals surface area contributed by atoms with E-state index in [0.29, 0.717) is 17.5 Å². The number of aromatic nitrogens is 3. The van der Waals surface area contributed by atoms with Crippen molar-refractivity contribution in [2.75, 3.05) is 0 Å². The zero-order chi connectivity index (χ0) is 33.5. The van der Waals surface area contributed by atoms with E-state index in [2.05, 4.69) is 103 Å². The molecule has 0 bridgehead atoms. The third kappa shape index (κ3) is 4.17. The highest BCUT2D eigenvalue weighted by atomic mass is 16.3. The van der Waals surface area contributed by atoms with Gasteiger partial charge in [0.15, 0.2) is 17.5 Å². The summed E-state index contributed by atoms with van der Waals surface area (Å²) in [6.07, 6.45) is 0. The Labute approximate surface area is 292 Å². The number of benzene rings is 9. The third-order valence-electron chi connectivity index (χ3n) is 10.3. The van der Waals surface area contributed by atoms with Crippen LogP contribution in [-0.2, 0) is 0 Å². The van der Waals surface area contributed by atoms with Gasteiger partial charge in [0.05, 0.1) is 0 Å². The van der Waals surface area contributed by atoms with Gasteiger partial charge in [-0.25, -0.2) is 15.0 Å². The van der Waals surface area contributed by atoms with Crippen LogP contribution in [0.5, 0.6) is 0 Å². The minimum Gasteiger partial charge on any atom is -0.455 e. The van der Waals surface area contributed by atoms with Gasteiger partial charge in [0.2, 0.25) is 0 Å². The molecule has 0 fully saturated rings. The van der Waals surface area contributed by atoms with E-state index in [0.717, 1.165) is 49.8 Å². The fourth-order valence-electron chi connectivity index (χ4n) is 8.01. The maximum absolute atomic E-state index is 6.84. The highest BCUT2D eigenvalue weighted by Gasteiger charge is 2.23. The molecule has 0 saturated carbocycles. The van der Waals surface area contributed by atoms with Crippen molar-refractivity contribution in [1.82, 2.24) is 15.0 Å². The first kappa shape index (κ1) is 28.0. The van der Waals surface area contributed by atoms with Gasteiger partial charge in [-0.15, -0.1) is 0 Å². The molecule has 4 heteroatoms. The summed E-state index contributed by atoms with van der Waals surface area (Å²) in [5.74, 6) is 1.92. The van der Waals surface area contributed by atoms with Crippen molar-refractivity contribution >= 4 is 65.0 Å². The van der Waals surface area contributed by atoms with Crippen LogP contribution in [0.15, 0.2) is 168 Å². The van der Waals surface area contributed by atoms with Gasteiger partial charge in [0.1, 0.15) is 11.2 Å². The molecule has 0 amide bonds. The fraction of sp³-hybridized carbons (Fsp3) is 0. The monoisotopic (exact) mass is 649 g/mol. The summed E-state index contributed by atoms with van der Waals surface area (Å²) in [5, 5.41) is 12.0. The van der Waals surface area contributed by atoms with Crippen molar-refractivity contribution in [1.29, 1.82) is 0 Å². The molecule has 4 nitrogen and oxygen atoms in total. The average molecular weight is 650 g/mol. The second-order valence-corrected chi connectivity index (χ2v) is 13.1. The van der Waals surface area contributed by atoms with Crippen LogP contribution >= 0.6 is 0 Å². The summed E-state index contributed by atoms with van der Waals surface area (Å²) in [6, 6.07) is 57.2. The Kier molecular flexibility index (Phi) is 5.92. The van der Waals surface area contributed by atoms with E-state index in [9.17, 15) is 0 Å². The molecule has 0 aliphatic heterocycles. The minimum absolute atomic E-state index is 0.637. The molecular weight excluding hydrogens is 623 g/mol. The zero-order valence-corrected chi connectivity index (χ0v) is 27.3. The molecule has 2 aromatic heterocycles. The number of rotatable bonds is 4. The SMILES string of the molecule is c1ccc(-c2nc(-c3ccccc3)nc(-c3ccc(-c4ccc5c6ccc7ccccc7c6c6cccc7oc4c5c76)c4ccccc34)n2)cc1. The van der Waals surface area contributed by atoms with Gasteiger partial charge in [0, 0.05) is 33.0 Å². The van der Waals surface area contributed by atoms with Gasteiger partial charge >= 0.3 is 0 Å². The van der Waals surface area contributed by atoms with E-state index in [4.69, 9.17) is 19.4 Å². The first-order valence-corrected chi connectivity index (χ1v) is 17.2. The first-order valence-electron chi connectivity index (χ1n) is 17.2. The largest absolute Gasteiger partial charge is 0.455 e. The molecule has 2 heterocycles. The van der Waals surface area contributed by atoms with E-state index >= 15 is 0 Å². The van der Waals surface area contributed by atoms with Gasteiger partial charge in [-0.2, -0.15) is 0 Å². The van der Waals surface area contributed by atoms with Crippen LogP contribution in [0.25, 0.3) is 110 Å².